The lowest BCUT2D eigenvalue weighted by Gasteiger charge is -2.36. The molecular weight excluding hydrogens is 510 g/mol. The highest BCUT2D eigenvalue weighted by Crippen LogP contribution is 2.34. The molecule has 2 aromatic heterocycles. The van der Waals surface area contributed by atoms with E-state index in [9.17, 15) is 5.11 Å². The van der Waals surface area contributed by atoms with Gasteiger partial charge in [-0.2, -0.15) is 10.1 Å². The third-order valence-corrected chi connectivity index (χ3v) is 8.80. The van der Waals surface area contributed by atoms with E-state index >= 15 is 0 Å². The number of hydrogen-bond donors (Lipinski definition) is 2. The van der Waals surface area contributed by atoms with Crippen molar-refractivity contribution in [2.24, 2.45) is 0 Å². The van der Waals surface area contributed by atoms with E-state index in [-0.39, 0.29) is 12.1 Å². The zero-order chi connectivity index (χ0) is 28.3. The van der Waals surface area contributed by atoms with Crippen LogP contribution < -0.4 is 5.32 Å². The Morgan fingerprint density at radius 2 is 1.59 bits per heavy atom. The van der Waals surface area contributed by atoms with Crippen molar-refractivity contribution in [3.05, 3.63) is 71.4 Å². The molecule has 8 nitrogen and oxygen atoms in total. The molecule has 4 aromatic rings. The fraction of sp³-hybridized carbons (Fsp3) is 0.485. The number of fused-ring (bicyclic) bond motifs is 1. The summed E-state index contributed by atoms with van der Waals surface area (Å²) in [4.78, 5) is 14.8. The molecule has 3 heterocycles. The van der Waals surface area contributed by atoms with Crippen LogP contribution in [0.1, 0.15) is 62.3 Å². The van der Waals surface area contributed by atoms with Crippen molar-refractivity contribution >= 4 is 17.0 Å². The number of hydrogen-bond acceptors (Lipinski definition) is 7. The van der Waals surface area contributed by atoms with E-state index < -0.39 is 0 Å². The maximum atomic E-state index is 10.1. The highest BCUT2D eigenvalue weighted by Gasteiger charge is 2.26. The second kappa shape index (κ2) is 12.3. The Morgan fingerprint density at radius 1 is 0.902 bits per heavy atom. The summed E-state index contributed by atoms with van der Waals surface area (Å²) in [5, 5.41) is 19.6. The Hall–Kier alpha value is -3.33. The molecule has 1 aliphatic carbocycles. The second-order valence-electron chi connectivity index (χ2n) is 12.1. The molecule has 2 N–H and O–H groups in total. The summed E-state index contributed by atoms with van der Waals surface area (Å²) < 4.78 is 2.09. The van der Waals surface area contributed by atoms with E-state index in [0.29, 0.717) is 18.5 Å². The van der Waals surface area contributed by atoms with Crippen molar-refractivity contribution in [3.63, 3.8) is 0 Å². The molecule has 0 amide bonds. The molecule has 0 atom stereocenters. The highest BCUT2D eigenvalue weighted by atomic mass is 16.3. The fourth-order valence-electron chi connectivity index (χ4n) is 6.13. The molecule has 2 aromatic carbocycles. The van der Waals surface area contributed by atoms with Crippen LogP contribution in [0.3, 0.4) is 0 Å². The molecule has 2 aliphatic rings. The summed E-state index contributed by atoms with van der Waals surface area (Å²) in [6.45, 7) is 12.8. The SMILES string of the molecule is Cc1ccc(CNc2ncc3c(-c4ccc(CN5CCN(C(C)C)CC5)cc4)nn([C@H]4CC[C@H](O)CC4)c3n2)cc1. The van der Waals surface area contributed by atoms with Crippen molar-refractivity contribution in [2.45, 2.75) is 77.7 Å². The minimum atomic E-state index is -0.213. The van der Waals surface area contributed by atoms with Crippen LogP contribution in [0.4, 0.5) is 5.95 Å². The fourth-order valence-corrected chi connectivity index (χ4v) is 6.13. The number of anilines is 1. The summed E-state index contributed by atoms with van der Waals surface area (Å²) in [7, 11) is 0. The van der Waals surface area contributed by atoms with Crippen molar-refractivity contribution in [3.8, 4) is 11.3 Å². The largest absolute Gasteiger partial charge is 0.393 e. The summed E-state index contributed by atoms with van der Waals surface area (Å²) >= 11 is 0. The minimum absolute atomic E-state index is 0.213. The number of aliphatic hydroxyl groups excluding tert-OH is 1. The normalized spacial score (nSPS) is 20.6. The van der Waals surface area contributed by atoms with Crippen molar-refractivity contribution in [2.75, 3.05) is 31.5 Å². The second-order valence-corrected chi connectivity index (χ2v) is 12.1. The van der Waals surface area contributed by atoms with Gasteiger partial charge >= 0.3 is 0 Å². The Morgan fingerprint density at radius 3 is 2.27 bits per heavy atom. The minimum Gasteiger partial charge on any atom is -0.393 e. The summed E-state index contributed by atoms with van der Waals surface area (Å²) in [5.41, 5.74) is 6.63. The molecule has 0 radical (unpaired) electrons. The molecule has 1 aliphatic heterocycles. The molecule has 0 spiro atoms. The van der Waals surface area contributed by atoms with Crippen LogP contribution in [0.5, 0.6) is 0 Å². The number of aryl methyl sites for hydroxylation is 1. The first-order valence-corrected chi connectivity index (χ1v) is 15.2. The molecule has 41 heavy (non-hydrogen) atoms. The number of aromatic nitrogens is 4. The quantitative estimate of drug-likeness (QED) is 0.302. The Labute approximate surface area is 243 Å². The molecule has 2 fully saturated rings. The topological polar surface area (TPSA) is 82.3 Å². The van der Waals surface area contributed by atoms with Gasteiger partial charge in [-0.05, 0) is 57.6 Å². The zero-order valence-corrected chi connectivity index (χ0v) is 24.6. The number of aliphatic hydroxyl groups is 1. The lowest BCUT2D eigenvalue weighted by atomic mass is 9.93. The third kappa shape index (κ3) is 6.45. The van der Waals surface area contributed by atoms with Crippen LogP contribution in [0.25, 0.3) is 22.3 Å². The average molecular weight is 554 g/mol. The molecule has 0 unspecified atom stereocenters. The van der Waals surface area contributed by atoms with Gasteiger partial charge in [0, 0.05) is 57.1 Å². The first kappa shape index (κ1) is 27.8. The Bertz CT molecular complexity index is 1430. The van der Waals surface area contributed by atoms with Gasteiger partial charge in [0.2, 0.25) is 5.95 Å². The summed E-state index contributed by atoms with van der Waals surface area (Å²) in [6, 6.07) is 18.2. The molecule has 1 saturated heterocycles. The lowest BCUT2D eigenvalue weighted by molar-refractivity contribution is 0.104. The van der Waals surface area contributed by atoms with E-state index in [4.69, 9.17) is 10.1 Å². The van der Waals surface area contributed by atoms with Gasteiger partial charge in [0.15, 0.2) is 5.65 Å². The third-order valence-electron chi connectivity index (χ3n) is 8.80. The van der Waals surface area contributed by atoms with Gasteiger partial charge < -0.3 is 10.4 Å². The summed E-state index contributed by atoms with van der Waals surface area (Å²) in [6.07, 6.45) is 5.09. The predicted octanol–water partition coefficient (Wildman–Crippen LogP) is 5.42. The van der Waals surface area contributed by atoms with Gasteiger partial charge in [0.1, 0.15) is 5.69 Å². The van der Waals surface area contributed by atoms with E-state index in [0.717, 1.165) is 80.7 Å². The van der Waals surface area contributed by atoms with Gasteiger partial charge in [0.05, 0.1) is 17.5 Å². The summed E-state index contributed by atoms with van der Waals surface area (Å²) in [5.74, 6) is 0.606. The Kier molecular flexibility index (Phi) is 8.32. The zero-order valence-electron chi connectivity index (χ0n) is 24.6. The van der Waals surface area contributed by atoms with Crippen molar-refractivity contribution < 1.29 is 5.11 Å². The average Bonchev–Trinajstić information content (AvgIpc) is 3.37. The molecule has 6 rings (SSSR count). The van der Waals surface area contributed by atoms with E-state index in [1.807, 2.05) is 6.20 Å². The molecule has 8 heteroatoms. The lowest BCUT2D eigenvalue weighted by Crippen LogP contribution is -2.48. The van der Waals surface area contributed by atoms with Crippen LogP contribution in [0.15, 0.2) is 54.7 Å². The maximum absolute atomic E-state index is 10.1. The smallest absolute Gasteiger partial charge is 0.224 e. The molecule has 216 valence electrons. The number of nitrogens with zero attached hydrogens (tertiary/aromatic N) is 6. The van der Waals surface area contributed by atoms with Crippen LogP contribution >= 0.6 is 0 Å². The van der Waals surface area contributed by atoms with Crippen molar-refractivity contribution in [1.29, 1.82) is 0 Å². The number of piperazine rings is 1. The van der Waals surface area contributed by atoms with Gasteiger partial charge in [-0.1, -0.05) is 54.1 Å². The first-order chi connectivity index (χ1) is 19.9. The number of rotatable bonds is 8. The number of benzene rings is 2. The van der Waals surface area contributed by atoms with E-state index in [2.05, 4.69) is 94.1 Å². The predicted molar refractivity (Wildman–Crippen MR) is 165 cm³/mol. The first-order valence-electron chi connectivity index (χ1n) is 15.2. The highest BCUT2D eigenvalue weighted by molar-refractivity contribution is 5.91. The van der Waals surface area contributed by atoms with Gasteiger partial charge in [-0.3, -0.25) is 9.80 Å². The van der Waals surface area contributed by atoms with Gasteiger partial charge in [-0.15, -0.1) is 0 Å². The van der Waals surface area contributed by atoms with E-state index in [1.54, 1.807) is 0 Å². The molecule has 0 bridgehead atoms. The van der Waals surface area contributed by atoms with Crippen LogP contribution in [0, 0.1) is 6.92 Å². The van der Waals surface area contributed by atoms with Gasteiger partial charge in [-0.25, -0.2) is 9.67 Å². The van der Waals surface area contributed by atoms with Crippen molar-refractivity contribution in [1.82, 2.24) is 29.5 Å². The van der Waals surface area contributed by atoms with Crippen LogP contribution in [-0.2, 0) is 13.1 Å². The maximum Gasteiger partial charge on any atom is 0.224 e. The Balaban J connectivity index is 1.23. The standard InChI is InChI=1S/C33H43N7O/c1-23(2)39-18-16-38(17-19-39)22-26-8-10-27(11-9-26)31-30-21-35-33(34-20-25-6-4-24(3)5-7-25)36-32(30)40(37-31)28-12-14-29(41)15-13-28/h4-11,21,23,28-29,41H,12-20,22H2,1-3H3,(H,34,35,36)/t28-,29-. The molecule has 1 saturated carbocycles. The van der Waals surface area contributed by atoms with E-state index in [1.165, 1.54) is 16.7 Å². The monoisotopic (exact) mass is 553 g/mol. The molecular formula is C33H43N7O. The van der Waals surface area contributed by atoms with Crippen LogP contribution in [-0.4, -0.2) is 73.0 Å². The van der Waals surface area contributed by atoms with Crippen LogP contribution in [0.2, 0.25) is 0 Å². The van der Waals surface area contributed by atoms with Gasteiger partial charge in [0.25, 0.3) is 0 Å². The number of nitrogens with one attached hydrogen (secondary N) is 1.